The van der Waals surface area contributed by atoms with Gasteiger partial charge >= 0.3 is 5.97 Å². The quantitative estimate of drug-likeness (QED) is 0.388. The molecule has 0 radical (unpaired) electrons. The van der Waals surface area contributed by atoms with Crippen molar-refractivity contribution in [3.05, 3.63) is 76.9 Å². The Bertz CT molecular complexity index is 1280. The first-order valence-electron chi connectivity index (χ1n) is 9.21. The van der Waals surface area contributed by atoms with E-state index in [1.165, 1.54) is 25.4 Å². The van der Waals surface area contributed by atoms with Crippen LogP contribution in [0, 0.1) is 11.8 Å². The van der Waals surface area contributed by atoms with E-state index in [-0.39, 0.29) is 30.2 Å². The van der Waals surface area contributed by atoms with Gasteiger partial charge in [-0.25, -0.2) is 24.1 Å². The number of nitrogens with zero attached hydrogens (tertiary/aromatic N) is 3. The van der Waals surface area contributed by atoms with E-state index in [9.17, 15) is 13.6 Å². The molecule has 0 aliphatic heterocycles. The summed E-state index contributed by atoms with van der Waals surface area (Å²) in [7, 11) is 1.43. The van der Waals surface area contributed by atoms with Crippen LogP contribution in [-0.2, 0) is 13.0 Å². The minimum atomic E-state index is -1.09. The second-order valence-electron chi connectivity index (χ2n) is 6.74. The lowest BCUT2D eigenvalue weighted by atomic mass is 10.1. The van der Waals surface area contributed by atoms with E-state index in [0.717, 1.165) is 6.20 Å². The molecule has 0 aliphatic rings. The molecule has 0 atom stereocenters. The lowest BCUT2D eigenvalue weighted by molar-refractivity contribution is 0.0696. The number of H-pyrrole nitrogens is 1. The fraction of sp³-hybridized carbons (Fsp3) is 0.143. The van der Waals surface area contributed by atoms with Crippen LogP contribution in [0.2, 0.25) is 0 Å². The average molecular weight is 425 g/mol. The highest BCUT2D eigenvalue weighted by Crippen LogP contribution is 2.23. The van der Waals surface area contributed by atoms with E-state index < -0.39 is 17.7 Å². The molecule has 0 saturated carbocycles. The first-order chi connectivity index (χ1) is 14.9. The number of halogens is 2. The third-order valence-electron chi connectivity index (χ3n) is 4.72. The number of nitrogens with one attached hydrogen (secondary N) is 2. The number of aromatic amines is 1. The number of methoxy groups -OCH3 is 1. The number of carboxylic acid groups (broad SMARTS) is 1. The summed E-state index contributed by atoms with van der Waals surface area (Å²) in [6.45, 7) is 0.145. The van der Waals surface area contributed by atoms with Crippen molar-refractivity contribution >= 4 is 22.8 Å². The van der Waals surface area contributed by atoms with Crippen LogP contribution < -0.4 is 10.1 Å². The van der Waals surface area contributed by atoms with Gasteiger partial charge in [0.2, 0.25) is 11.8 Å². The van der Waals surface area contributed by atoms with Crippen molar-refractivity contribution in [2.24, 2.45) is 0 Å². The Balaban J connectivity index is 1.52. The van der Waals surface area contributed by atoms with Gasteiger partial charge in [0, 0.05) is 41.9 Å². The SMILES string of the molecule is COc1ncc(F)cc1CNc1ccc(Cc2c[nH]c3ncc(C(=O)O)cc23)c(F)n1. The van der Waals surface area contributed by atoms with Crippen molar-refractivity contribution in [3.63, 3.8) is 0 Å². The lowest BCUT2D eigenvalue weighted by Crippen LogP contribution is -2.06. The van der Waals surface area contributed by atoms with Crippen LogP contribution in [0.15, 0.2) is 42.9 Å². The van der Waals surface area contributed by atoms with Crippen molar-refractivity contribution in [2.75, 3.05) is 12.4 Å². The van der Waals surface area contributed by atoms with Crippen LogP contribution in [-0.4, -0.2) is 38.1 Å². The highest BCUT2D eigenvalue weighted by Gasteiger charge is 2.13. The summed E-state index contributed by atoms with van der Waals surface area (Å²) in [6.07, 6.45) is 4.18. The number of aromatic nitrogens is 4. The molecule has 158 valence electrons. The molecule has 3 N–H and O–H groups in total. The number of anilines is 1. The van der Waals surface area contributed by atoms with Crippen molar-refractivity contribution in [1.82, 2.24) is 19.9 Å². The number of pyridine rings is 3. The van der Waals surface area contributed by atoms with Crippen LogP contribution in [0.25, 0.3) is 11.0 Å². The molecular formula is C21H17F2N5O3. The Morgan fingerprint density at radius 3 is 2.74 bits per heavy atom. The molecule has 0 fully saturated rings. The predicted molar refractivity (Wildman–Crippen MR) is 108 cm³/mol. The highest BCUT2D eigenvalue weighted by molar-refractivity contribution is 5.92. The van der Waals surface area contributed by atoms with Crippen molar-refractivity contribution in [2.45, 2.75) is 13.0 Å². The Morgan fingerprint density at radius 1 is 1.16 bits per heavy atom. The van der Waals surface area contributed by atoms with Gasteiger partial charge in [0.05, 0.1) is 18.9 Å². The molecule has 4 aromatic heterocycles. The van der Waals surface area contributed by atoms with E-state index in [2.05, 4.69) is 25.3 Å². The lowest BCUT2D eigenvalue weighted by Gasteiger charge is -2.10. The van der Waals surface area contributed by atoms with Crippen LogP contribution in [0.1, 0.15) is 27.0 Å². The third kappa shape index (κ3) is 4.27. The Kier molecular flexibility index (Phi) is 5.44. The Hall–Kier alpha value is -4.08. The molecule has 4 heterocycles. The maximum Gasteiger partial charge on any atom is 0.337 e. The minimum Gasteiger partial charge on any atom is -0.481 e. The van der Waals surface area contributed by atoms with Crippen molar-refractivity contribution in [3.8, 4) is 5.88 Å². The number of carboxylic acids is 1. The zero-order valence-corrected chi connectivity index (χ0v) is 16.3. The van der Waals surface area contributed by atoms with Gasteiger partial charge in [-0.2, -0.15) is 4.39 Å². The van der Waals surface area contributed by atoms with Crippen molar-refractivity contribution < 1.29 is 23.4 Å². The van der Waals surface area contributed by atoms with Crippen molar-refractivity contribution in [1.29, 1.82) is 0 Å². The monoisotopic (exact) mass is 425 g/mol. The number of carbonyl (C=O) groups is 1. The van der Waals surface area contributed by atoms with E-state index in [1.54, 1.807) is 18.3 Å². The standard InChI is InChI=1S/C21H17F2N5O3/c1-31-20-13(5-15(22)10-27-20)8-24-17-3-2-11(18(23)28-17)4-12-7-25-19-16(12)6-14(9-26-19)21(29)30/h2-3,5-7,9-10H,4,8H2,1H3,(H,24,28)(H,25,26)(H,29,30). The first-order valence-corrected chi connectivity index (χ1v) is 9.21. The normalized spacial score (nSPS) is 10.9. The molecule has 0 unspecified atom stereocenters. The molecule has 0 bridgehead atoms. The minimum absolute atomic E-state index is 0.0498. The molecule has 0 amide bonds. The molecule has 4 rings (SSSR count). The highest BCUT2D eigenvalue weighted by atomic mass is 19.1. The maximum absolute atomic E-state index is 14.6. The molecule has 0 aliphatic carbocycles. The fourth-order valence-corrected chi connectivity index (χ4v) is 3.18. The van der Waals surface area contributed by atoms with E-state index in [0.29, 0.717) is 27.7 Å². The average Bonchev–Trinajstić information content (AvgIpc) is 3.16. The van der Waals surface area contributed by atoms with Gasteiger partial charge in [-0.15, -0.1) is 0 Å². The second-order valence-corrected chi connectivity index (χ2v) is 6.74. The summed E-state index contributed by atoms with van der Waals surface area (Å²) in [5, 5.41) is 12.7. The Labute approximate surface area is 175 Å². The van der Waals surface area contributed by atoms with Crippen LogP contribution in [0.5, 0.6) is 5.88 Å². The van der Waals surface area contributed by atoms with Crippen LogP contribution in [0.4, 0.5) is 14.6 Å². The number of rotatable bonds is 7. The van der Waals surface area contributed by atoms with Crippen LogP contribution >= 0.6 is 0 Å². The van der Waals surface area contributed by atoms with Crippen LogP contribution in [0.3, 0.4) is 0 Å². The molecule has 10 heteroatoms. The summed E-state index contributed by atoms with van der Waals surface area (Å²) < 4.78 is 33.1. The summed E-state index contributed by atoms with van der Waals surface area (Å²) in [4.78, 5) is 26.0. The molecule has 0 aromatic carbocycles. The third-order valence-corrected chi connectivity index (χ3v) is 4.72. The largest absolute Gasteiger partial charge is 0.481 e. The number of hydrogen-bond donors (Lipinski definition) is 3. The van der Waals surface area contributed by atoms with Gasteiger partial charge in [-0.1, -0.05) is 6.07 Å². The van der Waals surface area contributed by atoms with Gasteiger partial charge in [-0.05, 0) is 23.8 Å². The summed E-state index contributed by atoms with van der Waals surface area (Å²) >= 11 is 0. The summed E-state index contributed by atoms with van der Waals surface area (Å²) in [6, 6.07) is 5.96. The molecule has 8 nitrogen and oxygen atoms in total. The van der Waals surface area contributed by atoms with E-state index >= 15 is 0 Å². The number of fused-ring (bicyclic) bond motifs is 1. The van der Waals surface area contributed by atoms with Gasteiger partial charge in [0.1, 0.15) is 17.3 Å². The maximum atomic E-state index is 14.6. The predicted octanol–water partition coefficient (Wildman–Crippen LogP) is 3.54. The number of ether oxygens (including phenoxy) is 1. The molecule has 0 spiro atoms. The number of aromatic carboxylic acids is 1. The van der Waals surface area contributed by atoms with Gasteiger partial charge in [0.25, 0.3) is 0 Å². The second kappa shape index (κ2) is 8.34. The fourth-order valence-electron chi connectivity index (χ4n) is 3.18. The molecular weight excluding hydrogens is 408 g/mol. The summed E-state index contributed by atoms with van der Waals surface area (Å²) in [5.41, 5.74) is 2.06. The molecule has 0 saturated heterocycles. The van der Waals surface area contributed by atoms with E-state index in [1.807, 2.05) is 0 Å². The van der Waals surface area contributed by atoms with Gasteiger partial charge < -0.3 is 20.1 Å². The first kappa shape index (κ1) is 20.2. The van der Waals surface area contributed by atoms with Gasteiger partial charge in [-0.3, -0.25) is 0 Å². The molecule has 4 aromatic rings. The summed E-state index contributed by atoms with van der Waals surface area (Å²) in [5.74, 6) is -1.74. The Morgan fingerprint density at radius 2 is 2.00 bits per heavy atom. The zero-order valence-electron chi connectivity index (χ0n) is 16.3. The smallest absolute Gasteiger partial charge is 0.337 e. The van der Waals surface area contributed by atoms with Gasteiger partial charge in [0.15, 0.2) is 0 Å². The van der Waals surface area contributed by atoms with E-state index in [4.69, 9.17) is 9.84 Å². The zero-order chi connectivity index (χ0) is 22.0. The molecule has 31 heavy (non-hydrogen) atoms. The topological polar surface area (TPSA) is 113 Å². The number of hydrogen-bond acceptors (Lipinski definition) is 6.